The highest BCUT2D eigenvalue weighted by molar-refractivity contribution is 8.13. The molecule has 4 nitrogen and oxygen atoms in total. The molecule has 1 heterocycles. The Bertz CT molecular complexity index is 370. The summed E-state index contributed by atoms with van der Waals surface area (Å²) in [6.45, 7) is 0.511. The van der Waals surface area contributed by atoms with Crippen molar-refractivity contribution in [1.29, 1.82) is 5.41 Å². The molecule has 0 aromatic heterocycles. The van der Waals surface area contributed by atoms with E-state index in [2.05, 4.69) is 0 Å². The van der Waals surface area contributed by atoms with E-state index in [1.165, 1.54) is 11.8 Å². The number of nitrogens with one attached hydrogen (secondary N) is 1. The summed E-state index contributed by atoms with van der Waals surface area (Å²) in [6, 6.07) is 7.57. The van der Waals surface area contributed by atoms with Crippen LogP contribution in [0.2, 0.25) is 0 Å². The van der Waals surface area contributed by atoms with E-state index in [1.54, 1.807) is 0 Å². The molecule has 5 heteroatoms. The Kier molecular flexibility index (Phi) is 3.01. The first kappa shape index (κ1) is 10.2. The molecule has 0 amide bonds. The van der Waals surface area contributed by atoms with Crippen LogP contribution in [0.4, 0.5) is 0 Å². The van der Waals surface area contributed by atoms with E-state index in [1.807, 2.05) is 24.3 Å². The lowest BCUT2D eigenvalue weighted by Crippen LogP contribution is -2.32. The van der Waals surface area contributed by atoms with E-state index in [0.29, 0.717) is 12.4 Å². The molecule has 0 bridgehead atoms. The van der Waals surface area contributed by atoms with Crippen molar-refractivity contribution in [2.75, 3.05) is 12.4 Å². The van der Waals surface area contributed by atoms with Crippen LogP contribution < -0.4 is 15.2 Å². The van der Waals surface area contributed by atoms with E-state index in [9.17, 15) is 0 Å². The summed E-state index contributed by atoms with van der Waals surface area (Å²) in [7, 11) is 0. The second kappa shape index (κ2) is 4.44. The molecule has 1 aliphatic heterocycles. The van der Waals surface area contributed by atoms with Gasteiger partial charge in [-0.05, 0) is 12.1 Å². The summed E-state index contributed by atoms with van der Waals surface area (Å²) in [6.07, 6.45) is -0.0335. The van der Waals surface area contributed by atoms with E-state index >= 15 is 0 Å². The topological polar surface area (TPSA) is 68.3 Å². The Morgan fingerprint density at radius 1 is 1.47 bits per heavy atom. The number of hydrogen-bond donors (Lipinski definition) is 2. The van der Waals surface area contributed by atoms with Crippen molar-refractivity contribution >= 4 is 16.9 Å². The summed E-state index contributed by atoms with van der Waals surface area (Å²) in [5.74, 6) is 2.18. The molecule has 1 atom stereocenters. The van der Waals surface area contributed by atoms with Gasteiger partial charge < -0.3 is 15.2 Å². The van der Waals surface area contributed by atoms with Crippen LogP contribution in [0.5, 0.6) is 11.5 Å². The average molecular weight is 224 g/mol. The normalized spacial score (nSPS) is 18.5. The third-order valence-corrected chi connectivity index (χ3v) is 2.84. The Hall–Kier alpha value is -1.36. The van der Waals surface area contributed by atoms with E-state index in [-0.39, 0.29) is 11.3 Å². The number of benzene rings is 1. The van der Waals surface area contributed by atoms with Crippen molar-refractivity contribution in [3.8, 4) is 11.5 Å². The molecule has 3 N–H and O–H groups in total. The second-order valence-electron chi connectivity index (χ2n) is 3.17. The predicted octanol–water partition coefficient (Wildman–Crippen LogP) is 1.45. The zero-order chi connectivity index (χ0) is 10.7. The highest BCUT2D eigenvalue weighted by Gasteiger charge is 2.20. The van der Waals surface area contributed by atoms with Gasteiger partial charge >= 0.3 is 0 Å². The van der Waals surface area contributed by atoms with Crippen molar-refractivity contribution in [3.05, 3.63) is 24.3 Å². The largest absolute Gasteiger partial charge is 0.486 e. The molecule has 15 heavy (non-hydrogen) atoms. The van der Waals surface area contributed by atoms with Crippen LogP contribution in [0, 0.1) is 5.41 Å². The molecule has 0 saturated carbocycles. The van der Waals surface area contributed by atoms with Gasteiger partial charge in [-0.25, -0.2) is 0 Å². The standard InChI is InChI=1S/C10H12N2O2S/c11-10(12)15-6-7-5-13-8-3-1-2-4-9(8)14-7/h1-4,7H,5-6H2,(H3,11,12)/t7-/m1/s1. The molecule has 0 unspecified atom stereocenters. The Balaban J connectivity index is 1.96. The molecule has 0 radical (unpaired) electrons. The van der Waals surface area contributed by atoms with Gasteiger partial charge in [-0.3, -0.25) is 5.41 Å². The zero-order valence-corrected chi connectivity index (χ0v) is 8.92. The van der Waals surface area contributed by atoms with Gasteiger partial charge in [-0.1, -0.05) is 23.9 Å². The number of hydrogen-bond acceptors (Lipinski definition) is 4. The van der Waals surface area contributed by atoms with Gasteiger partial charge in [0.25, 0.3) is 0 Å². The van der Waals surface area contributed by atoms with Gasteiger partial charge in [0.1, 0.15) is 12.7 Å². The lowest BCUT2D eigenvalue weighted by Gasteiger charge is -2.25. The number of para-hydroxylation sites is 2. The lowest BCUT2D eigenvalue weighted by molar-refractivity contribution is 0.107. The Labute approximate surface area is 92.3 Å². The molecular weight excluding hydrogens is 212 g/mol. The van der Waals surface area contributed by atoms with Gasteiger partial charge in [0.2, 0.25) is 0 Å². The number of rotatable bonds is 2. The summed E-state index contributed by atoms with van der Waals surface area (Å²) in [5, 5.41) is 7.21. The van der Waals surface area contributed by atoms with Crippen molar-refractivity contribution < 1.29 is 9.47 Å². The van der Waals surface area contributed by atoms with Crippen LogP contribution in [-0.2, 0) is 0 Å². The molecule has 0 spiro atoms. The monoisotopic (exact) mass is 224 g/mol. The first-order valence-corrected chi connectivity index (χ1v) is 5.59. The summed E-state index contributed by atoms with van der Waals surface area (Å²) in [5.41, 5.74) is 5.25. The number of nitrogens with two attached hydrogens (primary N) is 1. The minimum atomic E-state index is -0.0335. The second-order valence-corrected chi connectivity index (χ2v) is 4.23. The molecule has 0 aliphatic carbocycles. The molecule has 2 rings (SSSR count). The number of amidine groups is 1. The van der Waals surface area contributed by atoms with E-state index in [4.69, 9.17) is 20.6 Å². The maximum atomic E-state index is 7.10. The molecule has 0 saturated heterocycles. The molecular formula is C10H12N2O2S. The fraction of sp³-hybridized carbons (Fsp3) is 0.300. The van der Waals surface area contributed by atoms with Crippen molar-refractivity contribution in [1.82, 2.24) is 0 Å². The van der Waals surface area contributed by atoms with Gasteiger partial charge in [-0.2, -0.15) is 0 Å². The zero-order valence-electron chi connectivity index (χ0n) is 8.10. The minimum absolute atomic E-state index is 0.0335. The van der Waals surface area contributed by atoms with Gasteiger partial charge in [0, 0.05) is 5.75 Å². The maximum absolute atomic E-state index is 7.10. The van der Waals surface area contributed by atoms with Gasteiger partial charge in [-0.15, -0.1) is 0 Å². The van der Waals surface area contributed by atoms with Crippen LogP contribution in [-0.4, -0.2) is 23.6 Å². The minimum Gasteiger partial charge on any atom is -0.486 e. The van der Waals surface area contributed by atoms with E-state index in [0.717, 1.165) is 11.5 Å². The van der Waals surface area contributed by atoms with Crippen LogP contribution in [0.3, 0.4) is 0 Å². The third kappa shape index (κ3) is 2.56. The smallest absolute Gasteiger partial charge is 0.161 e. The van der Waals surface area contributed by atoms with Crippen molar-refractivity contribution in [2.45, 2.75) is 6.10 Å². The van der Waals surface area contributed by atoms with Crippen molar-refractivity contribution in [2.24, 2.45) is 5.73 Å². The van der Waals surface area contributed by atoms with Crippen LogP contribution in [0.15, 0.2) is 24.3 Å². The van der Waals surface area contributed by atoms with Crippen molar-refractivity contribution in [3.63, 3.8) is 0 Å². The van der Waals surface area contributed by atoms with Gasteiger partial charge in [0.15, 0.2) is 16.7 Å². The average Bonchev–Trinajstić information content (AvgIpc) is 2.26. The first-order valence-electron chi connectivity index (χ1n) is 4.61. The highest BCUT2D eigenvalue weighted by atomic mass is 32.2. The van der Waals surface area contributed by atoms with Crippen LogP contribution in [0.25, 0.3) is 0 Å². The fourth-order valence-corrected chi connectivity index (χ4v) is 1.86. The highest BCUT2D eigenvalue weighted by Crippen LogP contribution is 2.31. The number of ether oxygens (including phenoxy) is 2. The number of fused-ring (bicyclic) bond motifs is 1. The molecule has 1 aliphatic rings. The quantitative estimate of drug-likeness (QED) is 0.589. The molecule has 80 valence electrons. The SMILES string of the molecule is N=C(N)SC[C@H]1COc2ccccc2O1. The Morgan fingerprint density at radius 2 is 2.20 bits per heavy atom. The van der Waals surface area contributed by atoms with Crippen LogP contribution in [0.1, 0.15) is 0 Å². The maximum Gasteiger partial charge on any atom is 0.161 e. The summed E-state index contributed by atoms with van der Waals surface area (Å²) in [4.78, 5) is 0. The number of thioether (sulfide) groups is 1. The fourth-order valence-electron chi connectivity index (χ4n) is 1.33. The molecule has 1 aromatic carbocycles. The third-order valence-electron chi connectivity index (χ3n) is 1.99. The summed E-state index contributed by atoms with van der Waals surface area (Å²) >= 11 is 1.27. The first-order chi connectivity index (χ1) is 7.25. The summed E-state index contributed by atoms with van der Waals surface area (Å²) < 4.78 is 11.2. The molecule has 0 fully saturated rings. The Morgan fingerprint density at radius 3 is 2.93 bits per heavy atom. The molecule has 1 aromatic rings. The van der Waals surface area contributed by atoms with Crippen LogP contribution >= 0.6 is 11.8 Å². The lowest BCUT2D eigenvalue weighted by atomic mass is 10.3. The van der Waals surface area contributed by atoms with E-state index < -0.39 is 0 Å². The van der Waals surface area contributed by atoms with Gasteiger partial charge in [0.05, 0.1) is 0 Å². The predicted molar refractivity (Wildman–Crippen MR) is 60.7 cm³/mol.